The third kappa shape index (κ3) is 3.93. The van der Waals surface area contributed by atoms with Gasteiger partial charge >= 0.3 is 0 Å². The van der Waals surface area contributed by atoms with E-state index in [0.717, 1.165) is 55.1 Å². The molecule has 36 heavy (non-hydrogen) atoms. The fourth-order valence-electron chi connectivity index (χ4n) is 5.78. The predicted octanol–water partition coefficient (Wildman–Crippen LogP) is -0.176. The van der Waals surface area contributed by atoms with Gasteiger partial charge in [-0.3, -0.25) is 4.79 Å². The van der Waals surface area contributed by atoms with Gasteiger partial charge in [-0.25, -0.2) is 15.0 Å². The molecule has 0 saturated carbocycles. The van der Waals surface area contributed by atoms with Crippen molar-refractivity contribution in [1.82, 2.24) is 24.8 Å². The van der Waals surface area contributed by atoms with Gasteiger partial charge in [-0.1, -0.05) is 0 Å². The molecule has 0 aliphatic carbocycles. The highest BCUT2D eigenvalue weighted by atomic mass is 16.5. The van der Waals surface area contributed by atoms with Gasteiger partial charge in [0, 0.05) is 62.9 Å². The smallest absolute Gasteiger partial charge is 0.245 e. The molecule has 2 atom stereocenters. The van der Waals surface area contributed by atoms with Crippen LogP contribution in [0.3, 0.4) is 0 Å². The van der Waals surface area contributed by atoms with E-state index in [1.165, 1.54) is 0 Å². The summed E-state index contributed by atoms with van der Waals surface area (Å²) >= 11 is 0. The Kier molecular flexibility index (Phi) is 5.69. The number of carbonyl (C=O) groups is 1. The minimum absolute atomic E-state index is 0.0143. The van der Waals surface area contributed by atoms with E-state index in [1.807, 2.05) is 4.90 Å². The zero-order valence-corrected chi connectivity index (χ0v) is 20.6. The second-order valence-corrected chi connectivity index (χ2v) is 10.4. The summed E-state index contributed by atoms with van der Waals surface area (Å²) in [6.07, 6.45) is 5.65. The first kappa shape index (κ1) is 23.3. The molecule has 0 spiro atoms. The highest BCUT2D eigenvalue weighted by molar-refractivity contribution is 5.87. The van der Waals surface area contributed by atoms with Gasteiger partial charge in [-0.15, -0.1) is 0 Å². The Labute approximate surface area is 210 Å². The number of amides is 1. The molecule has 0 bridgehead atoms. The normalized spacial score (nSPS) is 28.1. The number of carbonyl (C=O) groups excluding carboxylic acids is 1. The van der Waals surface area contributed by atoms with Crippen LogP contribution in [0.2, 0.25) is 0 Å². The maximum absolute atomic E-state index is 13.3. The molecule has 6 heterocycles. The molecular formula is C24H33N9O3. The monoisotopic (exact) mass is 495 g/mol. The lowest BCUT2D eigenvalue weighted by molar-refractivity contribution is -0.136. The van der Waals surface area contributed by atoms with E-state index in [2.05, 4.69) is 26.7 Å². The second kappa shape index (κ2) is 8.79. The molecule has 4 aliphatic rings. The van der Waals surface area contributed by atoms with Gasteiger partial charge in [0.2, 0.25) is 17.8 Å². The molecule has 4 aliphatic heterocycles. The van der Waals surface area contributed by atoms with E-state index in [4.69, 9.17) is 30.9 Å². The highest BCUT2D eigenvalue weighted by Crippen LogP contribution is 2.42. The van der Waals surface area contributed by atoms with Gasteiger partial charge in [-0.05, 0) is 26.2 Å². The maximum Gasteiger partial charge on any atom is 0.245 e. The molecular weight excluding hydrogens is 462 g/mol. The highest BCUT2D eigenvalue weighted by Gasteiger charge is 2.49. The van der Waals surface area contributed by atoms with Crippen molar-refractivity contribution < 1.29 is 14.3 Å². The van der Waals surface area contributed by atoms with Crippen LogP contribution < -0.4 is 21.3 Å². The van der Waals surface area contributed by atoms with Crippen molar-refractivity contribution in [3.05, 3.63) is 18.0 Å². The van der Waals surface area contributed by atoms with E-state index in [9.17, 15) is 4.79 Å². The number of rotatable bonds is 4. The number of aromatic nitrogens is 4. The molecule has 3 saturated heterocycles. The van der Waals surface area contributed by atoms with Crippen LogP contribution in [0.1, 0.15) is 25.3 Å². The second-order valence-electron chi connectivity index (χ2n) is 10.4. The standard InChI is InChI=1S/C24H33N9O3/c1-23(3-6-32(14-23)20(34)24(26)4-9-36-15-24)33-5-2-17-18(16-12-27-21(25)28-13-16)29-22(30-19(17)33)31-7-10-35-11-8-31/h12-13H,2-11,14-15,26H2,1H3,(H2,25,27,28)/t23-,24?/m0/s1. The zero-order valence-electron chi connectivity index (χ0n) is 20.6. The van der Waals surface area contributed by atoms with E-state index < -0.39 is 5.54 Å². The van der Waals surface area contributed by atoms with Crippen molar-refractivity contribution in [2.24, 2.45) is 5.73 Å². The van der Waals surface area contributed by atoms with Crippen molar-refractivity contribution in [3.63, 3.8) is 0 Å². The first-order chi connectivity index (χ1) is 17.4. The van der Waals surface area contributed by atoms with E-state index in [-0.39, 0.29) is 24.0 Å². The largest absolute Gasteiger partial charge is 0.379 e. The Morgan fingerprint density at radius 1 is 1.03 bits per heavy atom. The third-order valence-electron chi connectivity index (χ3n) is 7.92. The van der Waals surface area contributed by atoms with Crippen LogP contribution in [0.15, 0.2) is 12.4 Å². The number of nitrogens with zero attached hydrogens (tertiary/aromatic N) is 7. The van der Waals surface area contributed by atoms with Crippen molar-refractivity contribution in [2.45, 2.75) is 37.3 Å². The molecule has 2 aromatic heterocycles. The lowest BCUT2D eigenvalue weighted by Crippen LogP contribution is -2.57. The maximum atomic E-state index is 13.3. The number of fused-ring (bicyclic) bond motifs is 1. The summed E-state index contributed by atoms with van der Waals surface area (Å²) in [6.45, 7) is 7.85. The van der Waals surface area contributed by atoms with Crippen LogP contribution in [0.25, 0.3) is 11.3 Å². The number of anilines is 3. The Bertz CT molecular complexity index is 1150. The molecule has 6 rings (SSSR count). The number of nitrogens with two attached hydrogens (primary N) is 2. The van der Waals surface area contributed by atoms with Crippen LogP contribution in [0, 0.1) is 0 Å². The summed E-state index contributed by atoms with van der Waals surface area (Å²) in [5.41, 5.74) is 13.7. The number of likely N-dealkylation sites (tertiary alicyclic amines) is 1. The number of nitrogen functional groups attached to an aromatic ring is 1. The van der Waals surface area contributed by atoms with Crippen LogP contribution in [0.4, 0.5) is 17.7 Å². The van der Waals surface area contributed by atoms with Gasteiger partial charge in [0.1, 0.15) is 11.4 Å². The molecule has 12 heteroatoms. The van der Waals surface area contributed by atoms with Crippen molar-refractivity contribution >= 4 is 23.6 Å². The number of hydrogen-bond acceptors (Lipinski definition) is 11. The average molecular weight is 496 g/mol. The van der Waals surface area contributed by atoms with Crippen LogP contribution in [-0.2, 0) is 20.7 Å². The van der Waals surface area contributed by atoms with Gasteiger partial charge in [0.25, 0.3) is 0 Å². The molecule has 0 aromatic carbocycles. The van der Waals surface area contributed by atoms with Crippen molar-refractivity contribution in [2.75, 3.05) is 74.7 Å². The van der Waals surface area contributed by atoms with Crippen LogP contribution >= 0.6 is 0 Å². The first-order valence-corrected chi connectivity index (χ1v) is 12.6. The van der Waals surface area contributed by atoms with E-state index in [0.29, 0.717) is 45.3 Å². The van der Waals surface area contributed by atoms with Crippen LogP contribution in [0.5, 0.6) is 0 Å². The quantitative estimate of drug-likeness (QED) is 0.582. The summed E-state index contributed by atoms with van der Waals surface area (Å²) < 4.78 is 11.0. The van der Waals surface area contributed by atoms with E-state index in [1.54, 1.807) is 12.4 Å². The number of ether oxygens (including phenoxy) is 2. The Morgan fingerprint density at radius 2 is 1.81 bits per heavy atom. The minimum Gasteiger partial charge on any atom is -0.379 e. The molecule has 0 radical (unpaired) electrons. The predicted molar refractivity (Wildman–Crippen MR) is 134 cm³/mol. The zero-order chi connectivity index (χ0) is 24.9. The molecule has 1 amide bonds. The Balaban J connectivity index is 1.34. The van der Waals surface area contributed by atoms with Gasteiger partial charge in [0.05, 0.1) is 31.1 Å². The summed E-state index contributed by atoms with van der Waals surface area (Å²) in [7, 11) is 0. The molecule has 192 valence electrons. The van der Waals surface area contributed by atoms with Gasteiger partial charge < -0.3 is 35.6 Å². The minimum atomic E-state index is -0.915. The third-order valence-corrected chi connectivity index (χ3v) is 7.92. The van der Waals surface area contributed by atoms with Crippen molar-refractivity contribution in [1.29, 1.82) is 0 Å². The topological polar surface area (TPSA) is 149 Å². The SMILES string of the molecule is C[C@]1(N2CCc3c(-c4cnc(N)nc4)nc(N4CCOCC4)nc32)CCN(C(=O)C2(N)CCOC2)C1. The van der Waals surface area contributed by atoms with Gasteiger partial charge in [-0.2, -0.15) is 4.98 Å². The first-order valence-electron chi connectivity index (χ1n) is 12.6. The number of hydrogen-bond donors (Lipinski definition) is 2. The molecule has 2 aromatic rings. The van der Waals surface area contributed by atoms with Crippen LogP contribution in [-0.4, -0.2) is 101 Å². The van der Waals surface area contributed by atoms with Gasteiger partial charge in [0.15, 0.2) is 0 Å². The summed E-state index contributed by atoms with van der Waals surface area (Å²) in [6, 6.07) is 0. The van der Waals surface area contributed by atoms with E-state index >= 15 is 0 Å². The fraction of sp³-hybridized carbons (Fsp3) is 0.625. The molecule has 1 unspecified atom stereocenters. The average Bonchev–Trinajstić information content (AvgIpc) is 3.63. The lowest BCUT2D eigenvalue weighted by Gasteiger charge is -2.38. The number of morpholine rings is 1. The Morgan fingerprint density at radius 3 is 2.53 bits per heavy atom. The Hall–Kier alpha value is -3.09. The summed E-state index contributed by atoms with van der Waals surface area (Å²) in [4.78, 5) is 38.2. The fourth-order valence-corrected chi connectivity index (χ4v) is 5.78. The summed E-state index contributed by atoms with van der Waals surface area (Å²) in [5, 5.41) is 0. The van der Waals surface area contributed by atoms with Crippen molar-refractivity contribution in [3.8, 4) is 11.3 Å². The summed E-state index contributed by atoms with van der Waals surface area (Å²) in [5.74, 6) is 1.81. The lowest BCUT2D eigenvalue weighted by atomic mass is 9.97. The molecule has 4 N–H and O–H groups in total. The molecule has 12 nitrogen and oxygen atoms in total. The molecule has 3 fully saturated rings.